The summed E-state index contributed by atoms with van der Waals surface area (Å²) >= 11 is 0. The van der Waals surface area contributed by atoms with E-state index >= 15 is 0 Å². The quantitative estimate of drug-likeness (QED) is 0.910. The van der Waals surface area contributed by atoms with E-state index in [1.54, 1.807) is 0 Å². The molecule has 1 aromatic rings. The van der Waals surface area contributed by atoms with E-state index in [-0.39, 0.29) is 11.6 Å². The second kappa shape index (κ2) is 6.06. The zero-order valence-electron chi connectivity index (χ0n) is 12.6. The lowest BCUT2D eigenvalue weighted by Crippen LogP contribution is -2.41. The van der Waals surface area contributed by atoms with Crippen molar-refractivity contribution in [2.24, 2.45) is 5.92 Å². The van der Waals surface area contributed by atoms with Crippen molar-refractivity contribution in [3.63, 3.8) is 0 Å². The topological polar surface area (TPSA) is 39.1 Å². The lowest BCUT2D eigenvalue weighted by Gasteiger charge is -2.33. The molecule has 0 radical (unpaired) electrons. The van der Waals surface area contributed by atoms with Gasteiger partial charge >= 0.3 is 0 Å². The van der Waals surface area contributed by atoms with Gasteiger partial charge in [0.15, 0.2) is 0 Å². The van der Waals surface area contributed by atoms with Gasteiger partial charge in [0, 0.05) is 42.9 Å². The predicted molar refractivity (Wildman–Crippen MR) is 77.1 cm³/mol. The van der Waals surface area contributed by atoms with Crippen LogP contribution in [0.3, 0.4) is 0 Å². The van der Waals surface area contributed by atoms with E-state index in [4.69, 9.17) is 4.74 Å². The Labute approximate surface area is 116 Å². The van der Waals surface area contributed by atoms with E-state index in [9.17, 15) is 0 Å². The van der Waals surface area contributed by atoms with Crippen LogP contribution in [0.2, 0.25) is 0 Å². The van der Waals surface area contributed by atoms with E-state index in [0.717, 1.165) is 26.1 Å². The highest BCUT2D eigenvalue weighted by atomic mass is 16.5. The van der Waals surface area contributed by atoms with Crippen LogP contribution in [0.1, 0.15) is 52.2 Å². The first-order chi connectivity index (χ1) is 8.99. The number of rotatable bonds is 4. The predicted octanol–water partition coefficient (Wildman–Crippen LogP) is 2.76. The fraction of sp³-hybridized carbons (Fsp3) is 0.800. The van der Waals surface area contributed by atoms with Crippen LogP contribution in [0, 0.1) is 5.92 Å². The first-order valence-electron chi connectivity index (χ1n) is 7.38. The first kappa shape index (κ1) is 14.5. The highest BCUT2D eigenvalue weighted by Crippen LogP contribution is 2.33. The van der Waals surface area contributed by atoms with Crippen molar-refractivity contribution in [1.82, 2.24) is 15.1 Å². The Kier molecular flexibility index (Phi) is 4.63. The summed E-state index contributed by atoms with van der Waals surface area (Å²) in [5.41, 5.74) is 1.39. The number of hydrogen-bond donors (Lipinski definition) is 1. The molecule has 4 heteroatoms. The normalized spacial score (nSPS) is 24.6. The summed E-state index contributed by atoms with van der Waals surface area (Å²) in [5.74, 6) is 0.544. The SMILES string of the molecule is CCn1cc(C2OCCCC2CNC(C)(C)C)cn1. The fourth-order valence-corrected chi connectivity index (χ4v) is 2.56. The van der Waals surface area contributed by atoms with E-state index < -0.39 is 0 Å². The van der Waals surface area contributed by atoms with Gasteiger partial charge in [0.1, 0.15) is 0 Å². The maximum absolute atomic E-state index is 6.01. The molecule has 0 aromatic carbocycles. The Morgan fingerprint density at radius 3 is 2.89 bits per heavy atom. The standard InChI is InChI=1S/C15H27N3O/c1-5-18-11-13(10-17-18)14-12(7-6-8-19-14)9-16-15(2,3)4/h10-12,14,16H,5-9H2,1-4H3. The molecule has 2 atom stereocenters. The molecule has 0 spiro atoms. The summed E-state index contributed by atoms with van der Waals surface area (Å²) in [6.45, 7) is 11.5. The summed E-state index contributed by atoms with van der Waals surface area (Å²) < 4.78 is 7.98. The van der Waals surface area contributed by atoms with Crippen molar-refractivity contribution in [3.05, 3.63) is 18.0 Å². The minimum absolute atomic E-state index is 0.162. The average molecular weight is 265 g/mol. The van der Waals surface area contributed by atoms with Crippen LogP contribution in [-0.2, 0) is 11.3 Å². The number of hydrogen-bond acceptors (Lipinski definition) is 3. The smallest absolute Gasteiger partial charge is 0.0895 e. The first-order valence-corrected chi connectivity index (χ1v) is 7.38. The van der Waals surface area contributed by atoms with Gasteiger partial charge < -0.3 is 10.1 Å². The molecular weight excluding hydrogens is 238 g/mol. The molecule has 2 heterocycles. The summed E-state index contributed by atoms with van der Waals surface area (Å²) in [7, 11) is 0. The molecule has 1 N–H and O–H groups in total. The monoisotopic (exact) mass is 265 g/mol. The third kappa shape index (κ3) is 4.05. The van der Waals surface area contributed by atoms with Gasteiger partial charge in [-0.3, -0.25) is 4.68 Å². The van der Waals surface area contributed by atoms with Crippen molar-refractivity contribution in [2.45, 2.75) is 58.7 Å². The van der Waals surface area contributed by atoms with Gasteiger partial charge in [0.05, 0.1) is 12.3 Å². The third-order valence-corrected chi connectivity index (χ3v) is 3.65. The van der Waals surface area contributed by atoms with Crippen LogP contribution in [-0.4, -0.2) is 28.5 Å². The van der Waals surface area contributed by atoms with E-state index in [1.807, 2.05) is 10.9 Å². The Bertz CT molecular complexity index is 394. The Morgan fingerprint density at radius 1 is 1.47 bits per heavy atom. The van der Waals surface area contributed by atoms with Crippen molar-refractivity contribution < 1.29 is 4.74 Å². The Morgan fingerprint density at radius 2 is 2.26 bits per heavy atom. The average Bonchev–Trinajstić information content (AvgIpc) is 2.84. The molecule has 4 nitrogen and oxygen atoms in total. The van der Waals surface area contributed by atoms with Crippen molar-refractivity contribution >= 4 is 0 Å². The fourth-order valence-electron chi connectivity index (χ4n) is 2.56. The summed E-state index contributed by atoms with van der Waals surface area (Å²) in [5, 5.41) is 7.97. The Hall–Kier alpha value is -0.870. The van der Waals surface area contributed by atoms with Gasteiger partial charge in [-0.15, -0.1) is 0 Å². The van der Waals surface area contributed by atoms with Crippen molar-refractivity contribution in [1.29, 1.82) is 0 Å². The zero-order valence-corrected chi connectivity index (χ0v) is 12.6. The molecule has 1 aliphatic heterocycles. The van der Waals surface area contributed by atoms with Gasteiger partial charge in [-0.25, -0.2) is 0 Å². The minimum Gasteiger partial charge on any atom is -0.373 e. The molecule has 19 heavy (non-hydrogen) atoms. The van der Waals surface area contributed by atoms with Crippen LogP contribution >= 0.6 is 0 Å². The molecule has 1 aromatic heterocycles. The molecule has 2 rings (SSSR count). The maximum Gasteiger partial charge on any atom is 0.0895 e. The molecule has 1 aliphatic rings. The van der Waals surface area contributed by atoms with Crippen molar-refractivity contribution in [3.8, 4) is 0 Å². The molecule has 1 saturated heterocycles. The molecule has 0 aliphatic carbocycles. The molecule has 0 amide bonds. The lowest BCUT2D eigenvalue weighted by atomic mass is 9.90. The second-order valence-electron chi connectivity index (χ2n) is 6.45. The molecule has 1 fully saturated rings. The highest BCUT2D eigenvalue weighted by molar-refractivity contribution is 5.11. The number of nitrogens with one attached hydrogen (secondary N) is 1. The summed E-state index contributed by atoms with van der Waals surface area (Å²) in [6, 6.07) is 0. The van der Waals surface area contributed by atoms with Gasteiger partial charge in [0.2, 0.25) is 0 Å². The van der Waals surface area contributed by atoms with Gasteiger partial charge in [-0.05, 0) is 40.5 Å². The Balaban J connectivity index is 2.03. The van der Waals surface area contributed by atoms with Crippen LogP contribution < -0.4 is 5.32 Å². The number of aryl methyl sites for hydroxylation is 1. The molecular formula is C15H27N3O. The minimum atomic E-state index is 0.162. The molecule has 0 saturated carbocycles. The second-order valence-corrected chi connectivity index (χ2v) is 6.45. The van der Waals surface area contributed by atoms with Gasteiger partial charge in [-0.2, -0.15) is 5.10 Å². The van der Waals surface area contributed by atoms with Crippen LogP contribution in [0.5, 0.6) is 0 Å². The van der Waals surface area contributed by atoms with E-state index in [1.165, 1.54) is 12.0 Å². The third-order valence-electron chi connectivity index (χ3n) is 3.65. The lowest BCUT2D eigenvalue weighted by molar-refractivity contribution is -0.0293. The van der Waals surface area contributed by atoms with E-state index in [2.05, 4.69) is 44.3 Å². The summed E-state index contributed by atoms with van der Waals surface area (Å²) in [4.78, 5) is 0. The molecule has 2 unspecified atom stereocenters. The molecule has 0 bridgehead atoms. The largest absolute Gasteiger partial charge is 0.373 e. The molecule has 108 valence electrons. The number of nitrogens with zero attached hydrogens (tertiary/aromatic N) is 2. The van der Waals surface area contributed by atoms with Crippen LogP contribution in [0.4, 0.5) is 0 Å². The zero-order chi connectivity index (χ0) is 13.9. The highest BCUT2D eigenvalue weighted by Gasteiger charge is 2.29. The maximum atomic E-state index is 6.01. The number of aromatic nitrogens is 2. The van der Waals surface area contributed by atoms with Gasteiger partial charge in [0.25, 0.3) is 0 Å². The van der Waals surface area contributed by atoms with E-state index in [0.29, 0.717) is 5.92 Å². The number of ether oxygens (including phenoxy) is 1. The summed E-state index contributed by atoms with van der Waals surface area (Å²) in [6.07, 6.45) is 6.67. The van der Waals surface area contributed by atoms with Gasteiger partial charge in [-0.1, -0.05) is 0 Å². The van der Waals surface area contributed by atoms with Crippen LogP contribution in [0.15, 0.2) is 12.4 Å². The van der Waals surface area contributed by atoms with Crippen molar-refractivity contribution in [2.75, 3.05) is 13.2 Å². The van der Waals surface area contributed by atoms with Crippen LogP contribution in [0.25, 0.3) is 0 Å².